The molecule has 0 saturated heterocycles. The third kappa shape index (κ3) is 4.47. The van der Waals surface area contributed by atoms with Gasteiger partial charge in [-0.2, -0.15) is 0 Å². The minimum Gasteiger partial charge on any atom is -0.348 e. The van der Waals surface area contributed by atoms with Gasteiger partial charge in [0, 0.05) is 12.6 Å². The Morgan fingerprint density at radius 3 is 2.76 bits per heavy atom. The Morgan fingerprint density at radius 2 is 2.29 bits per heavy atom. The molecule has 0 radical (unpaired) electrons. The molecule has 6 heteroatoms. The van der Waals surface area contributed by atoms with Crippen molar-refractivity contribution >= 4 is 40.4 Å². The number of nitrogens with one attached hydrogen (secondary N) is 1. The van der Waals surface area contributed by atoms with Crippen molar-refractivity contribution in [2.24, 2.45) is 5.73 Å². The summed E-state index contributed by atoms with van der Waals surface area (Å²) in [6.07, 6.45) is 3.01. The molecular weight excluding hydrogens is 279 g/mol. The molecule has 1 atom stereocenters. The standard InChI is InChI=1S/C11H16Cl2N2OS/c1-2-3-4-7(6-14)15-11(16)8-5-9(12)17-10(8)13/h5,7H,2-4,6,14H2,1H3,(H,15,16). The fourth-order valence-electron chi connectivity index (χ4n) is 1.46. The lowest BCUT2D eigenvalue weighted by molar-refractivity contribution is 0.0936. The third-order valence-electron chi connectivity index (χ3n) is 2.43. The zero-order valence-electron chi connectivity index (χ0n) is 9.63. The fraction of sp³-hybridized carbons (Fsp3) is 0.545. The molecule has 1 rings (SSSR count). The maximum Gasteiger partial charge on any atom is 0.253 e. The van der Waals surface area contributed by atoms with E-state index in [-0.39, 0.29) is 11.9 Å². The molecule has 1 unspecified atom stereocenters. The third-order valence-corrected chi connectivity index (χ3v) is 3.91. The van der Waals surface area contributed by atoms with Gasteiger partial charge in [0.15, 0.2) is 0 Å². The van der Waals surface area contributed by atoms with E-state index >= 15 is 0 Å². The highest BCUT2D eigenvalue weighted by Crippen LogP contribution is 2.31. The Morgan fingerprint density at radius 1 is 1.59 bits per heavy atom. The molecule has 0 aliphatic rings. The minimum atomic E-state index is -0.204. The van der Waals surface area contributed by atoms with Gasteiger partial charge >= 0.3 is 0 Å². The van der Waals surface area contributed by atoms with Crippen LogP contribution in [0.2, 0.25) is 8.67 Å². The van der Waals surface area contributed by atoms with Gasteiger partial charge < -0.3 is 11.1 Å². The van der Waals surface area contributed by atoms with Gasteiger partial charge in [0.2, 0.25) is 0 Å². The molecule has 1 heterocycles. The molecule has 96 valence electrons. The second kappa shape index (κ2) is 7.21. The Hall–Kier alpha value is -0.290. The van der Waals surface area contributed by atoms with Gasteiger partial charge in [0.05, 0.1) is 9.90 Å². The number of carbonyl (C=O) groups excluding carboxylic acids is 1. The highest BCUT2D eigenvalue weighted by molar-refractivity contribution is 7.20. The number of hydrogen-bond acceptors (Lipinski definition) is 3. The van der Waals surface area contributed by atoms with Crippen LogP contribution in [0.3, 0.4) is 0 Å². The maximum atomic E-state index is 11.9. The van der Waals surface area contributed by atoms with E-state index in [1.54, 1.807) is 6.07 Å². The number of nitrogens with two attached hydrogens (primary N) is 1. The van der Waals surface area contributed by atoms with E-state index in [1.165, 1.54) is 11.3 Å². The van der Waals surface area contributed by atoms with Crippen molar-refractivity contribution in [1.29, 1.82) is 0 Å². The number of amides is 1. The van der Waals surface area contributed by atoms with E-state index in [1.807, 2.05) is 0 Å². The van der Waals surface area contributed by atoms with Crippen LogP contribution < -0.4 is 11.1 Å². The molecule has 0 aliphatic heterocycles. The van der Waals surface area contributed by atoms with Gasteiger partial charge in [-0.15, -0.1) is 11.3 Å². The lowest BCUT2D eigenvalue weighted by Crippen LogP contribution is -2.40. The highest BCUT2D eigenvalue weighted by Gasteiger charge is 2.17. The number of hydrogen-bond donors (Lipinski definition) is 2. The van der Waals surface area contributed by atoms with Gasteiger partial charge in [0.1, 0.15) is 4.34 Å². The Balaban J connectivity index is 2.61. The first kappa shape index (κ1) is 14.8. The van der Waals surface area contributed by atoms with Crippen molar-refractivity contribution in [2.75, 3.05) is 6.54 Å². The zero-order chi connectivity index (χ0) is 12.8. The van der Waals surface area contributed by atoms with E-state index in [0.717, 1.165) is 19.3 Å². The summed E-state index contributed by atoms with van der Waals surface area (Å²) >= 11 is 12.9. The first-order valence-corrected chi connectivity index (χ1v) is 7.11. The Kier molecular flexibility index (Phi) is 6.27. The molecule has 0 spiro atoms. The predicted molar refractivity (Wildman–Crippen MR) is 74.2 cm³/mol. The molecule has 0 bridgehead atoms. The summed E-state index contributed by atoms with van der Waals surface area (Å²) in [5.41, 5.74) is 6.04. The molecular formula is C11H16Cl2N2OS. The van der Waals surface area contributed by atoms with E-state index < -0.39 is 0 Å². The van der Waals surface area contributed by atoms with Gasteiger partial charge in [0.25, 0.3) is 5.91 Å². The van der Waals surface area contributed by atoms with E-state index in [0.29, 0.717) is 20.8 Å². The highest BCUT2D eigenvalue weighted by atomic mass is 35.5. The van der Waals surface area contributed by atoms with Gasteiger partial charge in [-0.3, -0.25) is 4.79 Å². The molecule has 1 amide bonds. The van der Waals surface area contributed by atoms with E-state index in [9.17, 15) is 4.79 Å². The van der Waals surface area contributed by atoms with Crippen molar-refractivity contribution in [3.8, 4) is 0 Å². The van der Waals surface area contributed by atoms with Crippen molar-refractivity contribution in [2.45, 2.75) is 32.2 Å². The van der Waals surface area contributed by atoms with Crippen molar-refractivity contribution in [3.63, 3.8) is 0 Å². The lowest BCUT2D eigenvalue weighted by atomic mass is 10.1. The number of unbranched alkanes of at least 4 members (excludes halogenated alkanes) is 1. The number of halogens is 2. The molecule has 0 aliphatic carbocycles. The SMILES string of the molecule is CCCCC(CN)NC(=O)c1cc(Cl)sc1Cl. The van der Waals surface area contributed by atoms with Crippen molar-refractivity contribution < 1.29 is 4.79 Å². The molecule has 3 nitrogen and oxygen atoms in total. The summed E-state index contributed by atoms with van der Waals surface area (Å²) in [4.78, 5) is 11.9. The van der Waals surface area contributed by atoms with Gasteiger partial charge in [-0.05, 0) is 12.5 Å². The smallest absolute Gasteiger partial charge is 0.253 e. The molecule has 3 N–H and O–H groups in total. The molecule has 0 fully saturated rings. The van der Waals surface area contributed by atoms with Crippen LogP contribution in [0.4, 0.5) is 0 Å². The van der Waals surface area contributed by atoms with Crippen LogP contribution in [-0.2, 0) is 0 Å². The maximum absolute atomic E-state index is 11.9. The largest absolute Gasteiger partial charge is 0.348 e. The van der Waals surface area contributed by atoms with E-state index in [2.05, 4.69) is 12.2 Å². The topological polar surface area (TPSA) is 55.1 Å². The summed E-state index contributed by atoms with van der Waals surface area (Å²) in [6.45, 7) is 2.53. The van der Waals surface area contributed by atoms with Crippen LogP contribution in [0.5, 0.6) is 0 Å². The summed E-state index contributed by atoms with van der Waals surface area (Å²) < 4.78 is 0.928. The summed E-state index contributed by atoms with van der Waals surface area (Å²) in [5, 5.41) is 2.87. The first-order valence-electron chi connectivity index (χ1n) is 5.54. The average molecular weight is 295 g/mol. The summed E-state index contributed by atoms with van der Waals surface area (Å²) in [7, 11) is 0. The molecule has 1 aromatic heterocycles. The normalized spacial score (nSPS) is 12.5. The first-order chi connectivity index (χ1) is 8.08. The van der Waals surface area contributed by atoms with Crippen LogP contribution in [0.1, 0.15) is 36.5 Å². The van der Waals surface area contributed by atoms with Crippen LogP contribution in [0.25, 0.3) is 0 Å². The number of rotatable bonds is 6. The minimum absolute atomic E-state index is 0.00260. The zero-order valence-corrected chi connectivity index (χ0v) is 12.0. The van der Waals surface area contributed by atoms with Gasteiger partial charge in [-0.25, -0.2) is 0 Å². The molecule has 0 saturated carbocycles. The Bertz CT molecular complexity index is 382. The number of thiophene rings is 1. The van der Waals surface area contributed by atoms with Crippen LogP contribution in [0, 0.1) is 0 Å². The van der Waals surface area contributed by atoms with Gasteiger partial charge in [-0.1, -0.05) is 43.0 Å². The molecule has 1 aromatic rings. The van der Waals surface area contributed by atoms with Crippen LogP contribution in [-0.4, -0.2) is 18.5 Å². The van der Waals surface area contributed by atoms with Crippen molar-refractivity contribution in [3.05, 3.63) is 20.3 Å². The average Bonchev–Trinajstić information content (AvgIpc) is 2.63. The van der Waals surface area contributed by atoms with E-state index in [4.69, 9.17) is 28.9 Å². The number of carbonyl (C=O) groups is 1. The second-order valence-electron chi connectivity index (χ2n) is 3.79. The lowest BCUT2D eigenvalue weighted by Gasteiger charge is -2.16. The molecule has 17 heavy (non-hydrogen) atoms. The monoisotopic (exact) mass is 294 g/mol. The fourth-order valence-corrected chi connectivity index (χ4v) is 2.92. The predicted octanol–water partition coefficient (Wildman–Crippen LogP) is 3.30. The second-order valence-corrected chi connectivity index (χ2v) is 6.07. The van der Waals surface area contributed by atoms with Crippen LogP contribution in [0.15, 0.2) is 6.07 Å². The summed E-state index contributed by atoms with van der Waals surface area (Å²) in [5.74, 6) is -0.204. The Labute approximate surface area is 115 Å². The summed E-state index contributed by atoms with van der Waals surface area (Å²) in [6, 6.07) is 1.58. The van der Waals surface area contributed by atoms with Crippen LogP contribution >= 0.6 is 34.5 Å². The molecule has 0 aromatic carbocycles. The van der Waals surface area contributed by atoms with Crippen molar-refractivity contribution in [1.82, 2.24) is 5.32 Å². The quantitative estimate of drug-likeness (QED) is 0.846.